The van der Waals surface area contributed by atoms with Gasteiger partial charge in [-0.3, -0.25) is 14.6 Å². The molecule has 0 bridgehead atoms. The number of anilines is 1. The minimum absolute atomic E-state index is 0.0271. The number of carbonyl (C=O) groups excluding carboxylic acids is 1. The van der Waals surface area contributed by atoms with Crippen molar-refractivity contribution in [1.82, 2.24) is 9.88 Å². The highest BCUT2D eigenvalue weighted by Crippen LogP contribution is 2.09. The fourth-order valence-corrected chi connectivity index (χ4v) is 1.20. The standard InChI is InChI=1S/C11H15N3O3/c1-14(2)11(17)9-7-8(3-5-13-9)12-6-4-10(15)16/h3,5,7H,4,6H2,1-2H3,(H,12,13)(H,15,16). The molecule has 0 radical (unpaired) electrons. The number of carboxylic acids is 1. The number of aliphatic carboxylic acids is 1. The molecule has 6 heteroatoms. The molecule has 0 saturated heterocycles. The molecule has 0 spiro atoms. The predicted molar refractivity (Wildman–Crippen MR) is 63.0 cm³/mol. The maximum atomic E-state index is 11.6. The van der Waals surface area contributed by atoms with Crippen molar-refractivity contribution in [2.24, 2.45) is 0 Å². The van der Waals surface area contributed by atoms with E-state index in [0.717, 1.165) is 0 Å². The molecule has 1 rings (SSSR count). The van der Waals surface area contributed by atoms with E-state index in [1.807, 2.05) is 0 Å². The first kappa shape index (κ1) is 13.0. The van der Waals surface area contributed by atoms with Crippen LogP contribution in [0.2, 0.25) is 0 Å². The summed E-state index contributed by atoms with van der Waals surface area (Å²) in [5.41, 5.74) is 1.02. The molecule has 0 aromatic carbocycles. The van der Waals surface area contributed by atoms with Gasteiger partial charge in [0.25, 0.3) is 5.91 Å². The normalized spacial score (nSPS) is 9.76. The Balaban J connectivity index is 2.66. The van der Waals surface area contributed by atoms with Gasteiger partial charge in [0.1, 0.15) is 5.69 Å². The Kier molecular flexibility index (Phi) is 4.45. The van der Waals surface area contributed by atoms with Crippen molar-refractivity contribution in [3.8, 4) is 0 Å². The van der Waals surface area contributed by atoms with Crippen molar-refractivity contribution < 1.29 is 14.7 Å². The third-order valence-electron chi connectivity index (χ3n) is 2.05. The first-order chi connectivity index (χ1) is 8.00. The third kappa shape index (κ3) is 4.10. The average molecular weight is 237 g/mol. The molecule has 1 amide bonds. The molecule has 6 nitrogen and oxygen atoms in total. The summed E-state index contributed by atoms with van der Waals surface area (Å²) in [6, 6.07) is 3.29. The van der Waals surface area contributed by atoms with E-state index in [2.05, 4.69) is 10.3 Å². The zero-order valence-electron chi connectivity index (χ0n) is 9.80. The minimum atomic E-state index is -0.865. The predicted octanol–water partition coefficient (Wildman–Crippen LogP) is 0.670. The first-order valence-electron chi connectivity index (χ1n) is 5.14. The Hall–Kier alpha value is -2.11. The van der Waals surface area contributed by atoms with Crippen LogP contribution in [0.4, 0.5) is 5.69 Å². The van der Waals surface area contributed by atoms with Crippen molar-refractivity contribution >= 4 is 17.6 Å². The second-order valence-electron chi connectivity index (χ2n) is 3.70. The van der Waals surface area contributed by atoms with E-state index < -0.39 is 5.97 Å². The van der Waals surface area contributed by atoms with Crippen LogP contribution in [0.3, 0.4) is 0 Å². The van der Waals surface area contributed by atoms with Crippen LogP contribution in [-0.4, -0.2) is 47.5 Å². The van der Waals surface area contributed by atoms with E-state index in [1.165, 1.54) is 11.1 Å². The van der Waals surface area contributed by atoms with Crippen LogP contribution in [0, 0.1) is 0 Å². The number of nitrogens with zero attached hydrogens (tertiary/aromatic N) is 2. The Morgan fingerprint density at radius 3 is 2.76 bits per heavy atom. The van der Waals surface area contributed by atoms with Crippen molar-refractivity contribution in [1.29, 1.82) is 0 Å². The number of hydrogen-bond donors (Lipinski definition) is 2. The summed E-state index contributed by atoms with van der Waals surface area (Å²) < 4.78 is 0. The number of aromatic nitrogens is 1. The van der Waals surface area contributed by atoms with Crippen LogP contribution in [-0.2, 0) is 4.79 Å². The second kappa shape index (κ2) is 5.83. The summed E-state index contributed by atoms with van der Waals surface area (Å²) in [7, 11) is 3.29. The molecule has 0 unspecified atom stereocenters. The van der Waals surface area contributed by atoms with Crippen molar-refractivity contribution in [2.75, 3.05) is 26.0 Å². The van der Waals surface area contributed by atoms with E-state index in [-0.39, 0.29) is 12.3 Å². The van der Waals surface area contributed by atoms with E-state index in [9.17, 15) is 9.59 Å². The summed E-state index contributed by atoms with van der Waals surface area (Å²) >= 11 is 0. The van der Waals surface area contributed by atoms with Crippen LogP contribution < -0.4 is 5.32 Å². The Labute approximate surface area is 99.3 Å². The minimum Gasteiger partial charge on any atom is -0.481 e. The summed E-state index contributed by atoms with van der Waals surface area (Å²) in [6.45, 7) is 0.314. The number of carbonyl (C=O) groups is 2. The van der Waals surface area contributed by atoms with Crippen LogP contribution in [0.25, 0.3) is 0 Å². The topological polar surface area (TPSA) is 82.5 Å². The second-order valence-corrected chi connectivity index (χ2v) is 3.70. The molecule has 0 aliphatic carbocycles. The number of hydrogen-bond acceptors (Lipinski definition) is 4. The Bertz CT molecular complexity index is 418. The van der Waals surface area contributed by atoms with Crippen LogP contribution in [0.5, 0.6) is 0 Å². The van der Waals surface area contributed by atoms with Gasteiger partial charge in [-0.2, -0.15) is 0 Å². The van der Waals surface area contributed by atoms with Gasteiger partial charge in [0.05, 0.1) is 6.42 Å². The number of pyridine rings is 1. The molecular formula is C11H15N3O3. The van der Waals surface area contributed by atoms with Gasteiger partial charge in [0.2, 0.25) is 0 Å². The lowest BCUT2D eigenvalue weighted by Crippen LogP contribution is -2.22. The molecule has 1 aromatic heterocycles. The van der Waals surface area contributed by atoms with Crippen molar-refractivity contribution in [3.63, 3.8) is 0 Å². The number of amides is 1. The number of rotatable bonds is 5. The zero-order valence-corrected chi connectivity index (χ0v) is 9.80. The van der Waals surface area contributed by atoms with Crippen molar-refractivity contribution in [3.05, 3.63) is 24.0 Å². The number of nitrogens with one attached hydrogen (secondary N) is 1. The van der Waals surface area contributed by atoms with Gasteiger partial charge in [-0.05, 0) is 12.1 Å². The SMILES string of the molecule is CN(C)C(=O)c1cc(NCCC(=O)O)ccn1. The van der Waals surface area contributed by atoms with Crippen LogP contribution in [0.15, 0.2) is 18.3 Å². The highest BCUT2D eigenvalue weighted by Gasteiger charge is 2.09. The molecule has 1 heterocycles. The number of carboxylic acid groups (broad SMARTS) is 1. The molecule has 0 aliphatic rings. The van der Waals surface area contributed by atoms with Gasteiger partial charge in [0.15, 0.2) is 0 Å². The largest absolute Gasteiger partial charge is 0.481 e. The van der Waals surface area contributed by atoms with E-state index in [0.29, 0.717) is 17.9 Å². The Morgan fingerprint density at radius 2 is 2.18 bits per heavy atom. The van der Waals surface area contributed by atoms with Gasteiger partial charge >= 0.3 is 5.97 Å². The van der Waals surface area contributed by atoms with Gasteiger partial charge in [-0.1, -0.05) is 0 Å². The molecule has 0 aliphatic heterocycles. The molecule has 17 heavy (non-hydrogen) atoms. The lowest BCUT2D eigenvalue weighted by molar-refractivity contribution is -0.136. The summed E-state index contributed by atoms with van der Waals surface area (Å²) in [6.07, 6.45) is 1.54. The van der Waals surface area contributed by atoms with Gasteiger partial charge in [-0.25, -0.2) is 0 Å². The Morgan fingerprint density at radius 1 is 1.47 bits per heavy atom. The van der Waals surface area contributed by atoms with E-state index in [1.54, 1.807) is 26.2 Å². The van der Waals surface area contributed by atoms with Gasteiger partial charge in [-0.15, -0.1) is 0 Å². The monoisotopic (exact) mass is 237 g/mol. The van der Waals surface area contributed by atoms with Crippen molar-refractivity contribution in [2.45, 2.75) is 6.42 Å². The quantitative estimate of drug-likeness (QED) is 0.786. The highest BCUT2D eigenvalue weighted by atomic mass is 16.4. The lowest BCUT2D eigenvalue weighted by atomic mass is 10.3. The van der Waals surface area contributed by atoms with Crippen LogP contribution >= 0.6 is 0 Å². The van der Waals surface area contributed by atoms with Gasteiger partial charge < -0.3 is 15.3 Å². The maximum absolute atomic E-state index is 11.6. The smallest absolute Gasteiger partial charge is 0.305 e. The molecular weight excluding hydrogens is 222 g/mol. The molecule has 0 fully saturated rings. The van der Waals surface area contributed by atoms with E-state index >= 15 is 0 Å². The fourth-order valence-electron chi connectivity index (χ4n) is 1.20. The fraction of sp³-hybridized carbons (Fsp3) is 0.364. The van der Waals surface area contributed by atoms with Gasteiger partial charge in [0, 0.05) is 32.5 Å². The lowest BCUT2D eigenvalue weighted by Gasteiger charge is -2.10. The molecule has 0 atom stereocenters. The highest BCUT2D eigenvalue weighted by molar-refractivity contribution is 5.92. The molecule has 0 saturated carbocycles. The first-order valence-corrected chi connectivity index (χ1v) is 5.14. The average Bonchev–Trinajstić information content (AvgIpc) is 2.28. The summed E-state index contributed by atoms with van der Waals surface area (Å²) in [5.74, 6) is -1.05. The van der Waals surface area contributed by atoms with Crippen LogP contribution in [0.1, 0.15) is 16.9 Å². The molecule has 2 N–H and O–H groups in total. The summed E-state index contributed by atoms with van der Waals surface area (Å²) in [4.78, 5) is 27.4. The molecule has 1 aromatic rings. The summed E-state index contributed by atoms with van der Waals surface area (Å²) in [5, 5.41) is 11.4. The third-order valence-corrected chi connectivity index (χ3v) is 2.05. The maximum Gasteiger partial charge on any atom is 0.305 e. The van der Waals surface area contributed by atoms with E-state index in [4.69, 9.17) is 5.11 Å². The molecule has 92 valence electrons. The zero-order chi connectivity index (χ0) is 12.8.